The number of aliphatic hydroxyl groups is 1. The van der Waals surface area contributed by atoms with Gasteiger partial charge in [0.15, 0.2) is 0 Å². The summed E-state index contributed by atoms with van der Waals surface area (Å²) in [7, 11) is 2.13. The van der Waals surface area contributed by atoms with Crippen LogP contribution in [-0.4, -0.2) is 59.5 Å². The summed E-state index contributed by atoms with van der Waals surface area (Å²) in [6.07, 6.45) is 3.27. The highest BCUT2D eigenvalue weighted by atomic mass is 35.5. The monoisotopic (exact) mass is 575 g/mol. The molecule has 3 heterocycles. The number of fused-ring (bicyclic) bond motifs is 5. The van der Waals surface area contributed by atoms with E-state index in [0.29, 0.717) is 65.5 Å². The average Bonchev–Trinajstić information content (AvgIpc) is 3.74. The topological polar surface area (TPSA) is 103 Å². The van der Waals surface area contributed by atoms with Gasteiger partial charge in [-0.25, -0.2) is 4.79 Å². The van der Waals surface area contributed by atoms with E-state index in [1.807, 2.05) is 42.5 Å². The minimum absolute atomic E-state index is 0.107. The van der Waals surface area contributed by atoms with Crippen molar-refractivity contribution in [3.05, 3.63) is 82.9 Å². The number of aryl methyl sites for hydroxylation is 1. The first-order valence-electron chi connectivity index (χ1n) is 14.1. The largest absolute Gasteiger partial charge is 0.446 e. The van der Waals surface area contributed by atoms with E-state index in [-0.39, 0.29) is 18.6 Å². The lowest BCUT2D eigenvalue weighted by Crippen LogP contribution is -2.48. The Kier molecular flexibility index (Phi) is 7.99. The molecule has 9 heteroatoms. The van der Waals surface area contributed by atoms with Gasteiger partial charge in [-0.2, -0.15) is 0 Å². The van der Waals surface area contributed by atoms with Crippen LogP contribution < -0.4 is 10.6 Å². The number of piperidine rings is 1. The molecule has 6 rings (SSSR count). The lowest BCUT2D eigenvalue weighted by atomic mass is 9.98. The zero-order valence-corrected chi connectivity index (χ0v) is 23.6. The minimum Gasteiger partial charge on any atom is -0.446 e. The van der Waals surface area contributed by atoms with Crippen LogP contribution in [0, 0.1) is 0 Å². The summed E-state index contributed by atoms with van der Waals surface area (Å²) in [6.45, 7) is -0.107. The summed E-state index contributed by atoms with van der Waals surface area (Å²) in [5.41, 5.74) is 4.85. The lowest BCUT2D eigenvalue weighted by molar-refractivity contribution is -0.116. The highest BCUT2D eigenvalue weighted by Crippen LogP contribution is 2.48. The van der Waals surface area contributed by atoms with Gasteiger partial charge in [-0.05, 0) is 60.8 Å². The number of anilines is 2. The molecule has 8 nitrogen and oxygen atoms in total. The number of aliphatic hydroxyl groups excluding tert-OH is 1. The Labute approximate surface area is 244 Å². The molecule has 3 aromatic rings. The molecule has 3 fully saturated rings. The third-order valence-corrected chi connectivity index (χ3v) is 8.73. The van der Waals surface area contributed by atoms with Gasteiger partial charge in [0.25, 0.3) is 0 Å². The molecule has 0 aliphatic carbocycles. The van der Waals surface area contributed by atoms with Crippen molar-refractivity contribution >= 4 is 35.0 Å². The van der Waals surface area contributed by atoms with Gasteiger partial charge in [0, 0.05) is 36.9 Å². The van der Waals surface area contributed by atoms with Crippen molar-refractivity contribution in [2.24, 2.45) is 0 Å². The minimum atomic E-state index is -0.444. The maximum Gasteiger partial charge on any atom is 0.411 e. The van der Waals surface area contributed by atoms with E-state index in [0.717, 1.165) is 29.5 Å². The molecule has 214 valence electrons. The number of carbonyl (C=O) groups excluding carboxylic acids is 2. The summed E-state index contributed by atoms with van der Waals surface area (Å²) >= 11 is 6.22. The van der Waals surface area contributed by atoms with Gasteiger partial charge in [-0.15, -0.1) is 0 Å². The Balaban J connectivity index is 1.07. The molecule has 2 amide bonds. The van der Waals surface area contributed by atoms with Crippen LogP contribution in [0.4, 0.5) is 16.2 Å². The normalized spacial score (nSPS) is 24.4. The number of rotatable bonds is 9. The fourth-order valence-corrected chi connectivity index (χ4v) is 6.47. The fraction of sp³-hybridized carbons (Fsp3) is 0.375. The Morgan fingerprint density at radius 2 is 1.68 bits per heavy atom. The Morgan fingerprint density at radius 1 is 0.976 bits per heavy atom. The van der Waals surface area contributed by atoms with Crippen LogP contribution in [0.5, 0.6) is 0 Å². The number of nitrogens with one attached hydrogen (secondary N) is 2. The number of hydrogen-bond donors (Lipinski definition) is 3. The molecule has 41 heavy (non-hydrogen) atoms. The molecular weight excluding hydrogens is 542 g/mol. The molecule has 4 atom stereocenters. The van der Waals surface area contributed by atoms with E-state index >= 15 is 0 Å². The smallest absolute Gasteiger partial charge is 0.411 e. The van der Waals surface area contributed by atoms with Crippen molar-refractivity contribution in [3.8, 4) is 11.1 Å². The quantitative estimate of drug-likeness (QED) is 0.286. The highest BCUT2D eigenvalue weighted by Gasteiger charge is 2.62. The van der Waals surface area contributed by atoms with Crippen LogP contribution in [0.15, 0.2) is 66.7 Å². The molecule has 4 unspecified atom stereocenters. The van der Waals surface area contributed by atoms with Gasteiger partial charge in [0.2, 0.25) is 5.91 Å². The first-order valence-corrected chi connectivity index (χ1v) is 14.5. The van der Waals surface area contributed by atoms with Crippen LogP contribution in [-0.2, 0) is 27.3 Å². The van der Waals surface area contributed by atoms with E-state index in [1.165, 1.54) is 0 Å². The predicted molar refractivity (Wildman–Crippen MR) is 158 cm³/mol. The Bertz CT molecular complexity index is 1420. The zero-order valence-electron chi connectivity index (χ0n) is 22.9. The molecule has 3 saturated heterocycles. The highest BCUT2D eigenvalue weighted by molar-refractivity contribution is 6.33. The first-order chi connectivity index (χ1) is 19.9. The number of benzene rings is 3. The molecule has 3 aromatic carbocycles. The van der Waals surface area contributed by atoms with E-state index in [4.69, 9.17) is 21.1 Å². The molecule has 0 saturated carbocycles. The molecule has 3 aliphatic heterocycles. The van der Waals surface area contributed by atoms with E-state index in [1.54, 1.807) is 18.2 Å². The Morgan fingerprint density at radius 3 is 2.39 bits per heavy atom. The number of epoxide rings is 1. The van der Waals surface area contributed by atoms with Crippen molar-refractivity contribution < 1.29 is 24.2 Å². The van der Waals surface area contributed by atoms with Gasteiger partial charge in [-0.1, -0.05) is 54.1 Å². The molecule has 0 radical (unpaired) electrons. The molecular formula is C32H34ClN3O5. The summed E-state index contributed by atoms with van der Waals surface area (Å²) in [6, 6.07) is 21.6. The zero-order chi connectivity index (χ0) is 28.5. The summed E-state index contributed by atoms with van der Waals surface area (Å²) in [4.78, 5) is 27.9. The second kappa shape index (κ2) is 11.8. The van der Waals surface area contributed by atoms with Gasteiger partial charge in [0.05, 0.1) is 23.0 Å². The number of nitrogens with zero attached hydrogens (tertiary/aromatic N) is 1. The lowest BCUT2D eigenvalue weighted by Gasteiger charge is -2.37. The maximum atomic E-state index is 13.0. The number of likely N-dealkylation sites (N-methyl/N-ethyl adjacent to an activating group) is 1. The summed E-state index contributed by atoms with van der Waals surface area (Å²) in [5, 5.41) is 15.5. The first kappa shape index (κ1) is 27.7. The van der Waals surface area contributed by atoms with Gasteiger partial charge in [-0.3, -0.25) is 15.0 Å². The standard InChI is InChI=1S/C32H34ClN3O5/c1-36-27-16-22(17-28(36)31-30(27)41-31)40-32(39)35-25-12-10-19(14-23(25)21-7-3-2-4-8-21)6-5-9-29(38)34-26-13-11-20(18-37)15-24(26)33/h2-4,7-8,10-15,22,27-28,30-31,37H,5-6,9,16-18H2,1H3,(H,34,38)(H,35,39). The number of hydrogen-bond acceptors (Lipinski definition) is 6. The Hall–Kier alpha value is -3.43. The number of amides is 2. The van der Waals surface area contributed by atoms with Crippen molar-refractivity contribution in [1.29, 1.82) is 0 Å². The summed E-state index contributed by atoms with van der Waals surface area (Å²) < 4.78 is 11.6. The van der Waals surface area contributed by atoms with Crippen molar-refractivity contribution in [2.45, 2.75) is 69.1 Å². The SMILES string of the molecule is CN1C2CC(OC(=O)Nc3ccc(CCCC(=O)Nc4ccc(CO)cc4Cl)cc3-c3ccccc3)CC1C1OC12. The van der Waals surface area contributed by atoms with Crippen molar-refractivity contribution in [2.75, 3.05) is 17.7 Å². The van der Waals surface area contributed by atoms with Gasteiger partial charge in [0.1, 0.15) is 18.3 Å². The predicted octanol–water partition coefficient (Wildman–Crippen LogP) is 5.62. The molecule has 2 bridgehead atoms. The third-order valence-electron chi connectivity index (χ3n) is 8.41. The van der Waals surface area contributed by atoms with E-state index in [9.17, 15) is 14.7 Å². The van der Waals surface area contributed by atoms with Crippen LogP contribution in [0.3, 0.4) is 0 Å². The second-order valence-electron chi connectivity index (χ2n) is 11.1. The van der Waals surface area contributed by atoms with Crippen LogP contribution in [0.2, 0.25) is 5.02 Å². The second-order valence-corrected chi connectivity index (χ2v) is 11.5. The van der Waals surface area contributed by atoms with Crippen LogP contribution in [0.25, 0.3) is 11.1 Å². The number of halogens is 1. The number of ether oxygens (including phenoxy) is 2. The maximum absolute atomic E-state index is 13.0. The molecule has 0 aromatic heterocycles. The molecule has 0 spiro atoms. The molecule has 3 N–H and O–H groups in total. The molecule has 3 aliphatic rings. The van der Waals surface area contributed by atoms with Crippen LogP contribution in [0.1, 0.15) is 36.8 Å². The number of morpholine rings is 1. The third kappa shape index (κ3) is 6.11. The van der Waals surface area contributed by atoms with Gasteiger partial charge >= 0.3 is 6.09 Å². The van der Waals surface area contributed by atoms with Gasteiger partial charge < -0.3 is 19.9 Å². The van der Waals surface area contributed by atoms with E-state index in [2.05, 4.69) is 28.6 Å². The number of carbonyl (C=O) groups is 2. The van der Waals surface area contributed by atoms with Crippen LogP contribution >= 0.6 is 11.6 Å². The fourth-order valence-electron chi connectivity index (χ4n) is 6.22. The van der Waals surface area contributed by atoms with E-state index < -0.39 is 6.09 Å². The van der Waals surface area contributed by atoms with Crippen molar-refractivity contribution in [1.82, 2.24) is 4.90 Å². The average molecular weight is 576 g/mol. The van der Waals surface area contributed by atoms with Crippen molar-refractivity contribution in [3.63, 3.8) is 0 Å². The summed E-state index contributed by atoms with van der Waals surface area (Å²) in [5.74, 6) is -0.126.